The Balaban J connectivity index is 2.14. The molecule has 1 aliphatic rings. The Labute approximate surface area is 178 Å². The number of esters is 1. The van der Waals surface area contributed by atoms with Crippen LogP contribution in [0.1, 0.15) is 52.5 Å². The first-order valence-corrected chi connectivity index (χ1v) is 10.6. The Kier molecular flexibility index (Phi) is 8.15. The van der Waals surface area contributed by atoms with E-state index in [9.17, 15) is 19.2 Å². The summed E-state index contributed by atoms with van der Waals surface area (Å²) in [5.74, 6) is -2.07. The summed E-state index contributed by atoms with van der Waals surface area (Å²) in [5, 5.41) is 2.75. The van der Waals surface area contributed by atoms with Crippen molar-refractivity contribution in [3.05, 3.63) is 35.9 Å². The molecule has 7 heteroatoms. The normalized spacial score (nSPS) is 17.3. The van der Waals surface area contributed by atoms with E-state index in [2.05, 4.69) is 5.32 Å². The number of ether oxygens (including phenoxy) is 1. The molecule has 1 heterocycles. The average Bonchev–Trinajstić information content (AvgIpc) is 3.23. The molecule has 2 amide bonds. The number of carbonyl (C=O) groups excluding carboxylic acids is 4. The Bertz CT molecular complexity index is 775. The van der Waals surface area contributed by atoms with E-state index in [1.807, 2.05) is 37.3 Å². The van der Waals surface area contributed by atoms with E-state index in [1.165, 1.54) is 4.90 Å². The third-order valence-corrected chi connectivity index (χ3v) is 5.68. The maximum absolute atomic E-state index is 13.0. The van der Waals surface area contributed by atoms with Gasteiger partial charge < -0.3 is 15.0 Å². The molecule has 1 aliphatic heterocycles. The molecular formula is C23H32N2O5. The zero-order valence-corrected chi connectivity index (χ0v) is 18.3. The zero-order chi connectivity index (χ0) is 22.3. The van der Waals surface area contributed by atoms with Crippen LogP contribution in [0.4, 0.5) is 0 Å². The molecule has 1 saturated heterocycles. The molecule has 164 valence electrons. The standard InChI is InChI=1S/C23H32N2O5/c1-5-23(3,4)19(26)21(28)25-14-10-13-18(25)20(27)24-17(22(29)30-6-2)15-16-11-8-7-9-12-16/h7-9,11-12,17-18H,5-6,10,13-15H2,1-4H3,(H,24,27)/t17-,18-/m0/s1. The van der Waals surface area contributed by atoms with Crippen LogP contribution in [-0.4, -0.2) is 53.7 Å². The van der Waals surface area contributed by atoms with Gasteiger partial charge in [0.15, 0.2) is 0 Å². The lowest BCUT2D eigenvalue weighted by molar-refractivity contribution is -0.152. The van der Waals surface area contributed by atoms with E-state index in [1.54, 1.807) is 20.8 Å². The fourth-order valence-corrected chi connectivity index (χ4v) is 3.42. The lowest BCUT2D eigenvalue weighted by atomic mass is 9.84. The van der Waals surface area contributed by atoms with Gasteiger partial charge in [-0.3, -0.25) is 14.4 Å². The summed E-state index contributed by atoms with van der Waals surface area (Å²) in [4.78, 5) is 52.1. The zero-order valence-electron chi connectivity index (χ0n) is 18.3. The molecule has 2 atom stereocenters. The molecule has 1 aromatic carbocycles. The quantitative estimate of drug-likeness (QED) is 0.492. The van der Waals surface area contributed by atoms with Gasteiger partial charge in [-0.2, -0.15) is 0 Å². The fourth-order valence-electron chi connectivity index (χ4n) is 3.42. The van der Waals surface area contributed by atoms with Crippen LogP contribution < -0.4 is 5.32 Å². The van der Waals surface area contributed by atoms with Gasteiger partial charge in [-0.05, 0) is 31.7 Å². The molecule has 0 aromatic heterocycles. The molecule has 7 nitrogen and oxygen atoms in total. The first-order valence-electron chi connectivity index (χ1n) is 10.6. The number of likely N-dealkylation sites (tertiary alicyclic amines) is 1. The Morgan fingerprint density at radius 3 is 2.43 bits per heavy atom. The number of ketones is 1. The molecule has 1 fully saturated rings. The lowest BCUT2D eigenvalue weighted by Crippen LogP contribution is -2.54. The Morgan fingerprint density at radius 1 is 1.17 bits per heavy atom. The largest absolute Gasteiger partial charge is 0.464 e. The van der Waals surface area contributed by atoms with E-state index in [0.717, 1.165) is 5.56 Å². The third-order valence-electron chi connectivity index (χ3n) is 5.68. The van der Waals surface area contributed by atoms with Crippen molar-refractivity contribution in [2.45, 2.75) is 65.5 Å². The van der Waals surface area contributed by atoms with Gasteiger partial charge >= 0.3 is 5.97 Å². The SMILES string of the molecule is CCOC(=O)[C@H](Cc1ccccc1)NC(=O)[C@@H]1CCCN1C(=O)C(=O)C(C)(C)CC. The van der Waals surface area contributed by atoms with Crippen LogP contribution in [0.15, 0.2) is 30.3 Å². The van der Waals surface area contributed by atoms with Crippen molar-refractivity contribution >= 4 is 23.6 Å². The first kappa shape index (κ1) is 23.6. The molecule has 2 rings (SSSR count). The highest BCUT2D eigenvalue weighted by molar-refractivity contribution is 6.38. The molecule has 0 radical (unpaired) electrons. The van der Waals surface area contributed by atoms with Crippen LogP contribution in [-0.2, 0) is 30.3 Å². The molecule has 1 N–H and O–H groups in total. The molecule has 1 aromatic rings. The molecule has 0 saturated carbocycles. The van der Waals surface area contributed by atoms with Gasteiger partial charge in [-0.15, -0.1) is 0 Å². The van der Waals surface area contributed by atoms with Crippen molar-refractivity contribution in [3.8, 4) is 0 Å². The van der Waals surface area contributed by atoms with E-state index in [4.69, 9.17) is 4.74 Å². The number of hydrogen-bond acceptors (Lipinski definition) is 5. The number of hydrogen-bond donors (Lipinski definition) is 1. The minimum absolute atomic E-state index is 0.203. The number of nitrogens with zero attached hydrogens (tertiary/aromatic N) is 1. The lowest BCUT2D eigenvalue weighted by Gasteiger charge is -2.28. The molecule has 30 heavy (non-hydrogen) atoms. The van der Waals surface area contributed by atoms with E-state index < -0.39 is 41.1 Å². The average molecular weight is 417 g/mol. The predicted octanol–water partition coefficient (Wildman–Crippen LogP) is 2.27. The monoisotopic (exact) mass is 416 g/mol. The second-order valence-corrected chi connectivity index (χ2v) is 8.23. The summed E-state index contributed by atoms with van der Waals surface area (Å²) in [5.41, 5.74) is 0.108. The second kappa shape index (κ2) is 10.4. The van der Waals surface area contributed by atoms with Crippen LogP contribution in [0, 0.1) is 5.41 Å². The van der Waals surface area contributed by atoms with E-state index in [-0.39, 0.29) is 13.0 Å². The van der Waals surface area contributed by atoms with Gasteiger partial charge in [-0.1, -0.05) is 51.1 Å². The van der Waals surface area contributed by atoms with Gasteiger partial charge in [0.2, 0.25) is 11.7 Å². The van der Waals surface area contributed by atoms with E-state index in [0.29, 0.717) is 25.8 Å². The summed E-state index contributed by atoms with van der Waals surface area (Å²) < 4.78 is 5.12. The fraction of sp³-hybridized carbons (Fsp3) is 0.565. The predicted molar refractivity (Wildman–Crippen MR) is 113 cm³/mol. The molecule has 0 spiro atoms. The van der Waals surface area contributed by atoms with Crippen molar-refractivity contribution < 1.29 is 23.9 Å². The van der Waals surface area contributed by atoms with Gasteiger partial charge in [0, 0.05) is 18.4 Å². The molecular weight excluding hydrogens is 384 g/mol. The first-order chi connectivity index (χ1) is 14.2. The van der Waals surface area contributed by atoms with Gasteiger partial charge in [-0.25, -0.2) is 4.79 Å². The minimum Gasteiger partial charge on any atom is -0.464 e. The molecule has 0 aliphatic carbocycles. The number of amides is 2. The van der Waals surface area contributed by atoms with E-state index >= 15 is 0 Å². The Hall–Kier alpha value is -2.70. The minimum atomic E-state index is -0.861. The highest BCUT2D eigenvalue weighted by Gasteiger charge is 2.41. The highest BCUT2D eigenvalue weighted by atomic mass is 16.5. The smallest absolute Gasteiger partial charge is 0.328 e. The second-order valence-electron chi connectivity index (χ2n) is 8.23. The van der Waals surface area contributed by atoms with Gasteiger partial charge in [0.25, 0.3) is 5.91 Å². The molecule has 0 unspecified atom stereocenters. The third kappa shape index (κ3) is 5.68. The Morgan fingerprint density at radius 2 is 1.83 bits per heavy atom. The number of nitrogens with one attached hydrogen (secondary N) is 1. The van der Waals surface area contributed by atoms with Crippen LogP contribution >= 0.6 is 0 Å². The molecule has 0 bridgehead atoms. The summed E-state index contributed by atoms with van der Waals surface area (Å²) in [6.07, 6.45) is 1.91. The maximum atomic E-state index is 13.0. The van der Waals surface area contributed by atoms with Crippen molar-refractivity contribution in [1.29, 1.82) is 0 Å². The van der Waals surface area contributed by atoms with Crippen molar-refractivity contribution in [1.82, 2.24) is 10.2 Å². The summed E-state index contributed by atoms with van der Waals surface area (Å²) in [7, 11) is 0. The summed E-state index contributed by atoms with van der Waals surface area (Å²) in [6.45, 7) is 7.58. The van der Waals surface area contributed by atoms with Gasteiger partial charge in [0.1, 0.15) is 12.1 Å². The van der Waals surface area contributed by atoms with Gasteiger partial charge in [0.05, 0.1) is 6.61 Å². The maximum Gasteiger partial charge on any atom is 0.328 e. The van der Waals surface area contributed by atoms with Crippen LogP contribution in [0.2, 0.25) is 0 Å². The number of carbonyl (C=O) groups is 4. The van der Waals surface area contributed by atoms with Crippen molar-refractivity contribution in [3.63, 3.8) is 0 Å². The van der Waals surface area contributed by atoms with Crippen LogP contribution in [0.5, 0.6) is 0 Å². The number of Topliss-reactive ketones (excluding diaryl/α,β-unsaturated/α-hetero) is 1. The highest BCUT2D eigenvalue weighted by Crippen LogP contribution is 2.25. The summed E-state index contributed by atoms with van der Waals surface area (Å²) in [6, 6.07) is 7.71. The number of benzene rings is 1. The van der Waals surface area contributed by atoms with Crippen molar-refractivity contribution in [2.75, 3.05) is 13.2 Å². The topological polar surface area (TPSA) is 92.8 Å². The van der Waals surface area contributed by atoms with Crippen molar-refractivity contribution in [2.24, 2.45) is 5.41 Å². The van der Waals surface area contributed by atoms with Crippen LogP contribution in [0.3, 0.4) is 0 Å². The van der Waals surface area contributed by atoms with Crippen LogP contribution in [0.25, 0.3) is 0 Å². The number of rotatable bonds is 9. The summed E-state index contributed by atoms with van der Waals surface area (Å²) >= 11 is 0.